The molecule has 47 heavy (non-hydrogen) atoms. The van der Waals surface area contributed by atoms with Crippen LogP contribution in [0.2, 0.25) is 0 Å². The van der Waals surface area contributed by atoms with E-state index < -0.39 is 5.41 Å². The van der Waals surface area contributed by atoms with Gasteiger partial charge in [-0.05, 0) is 66.8 Å². The predicted molar refractivity (Wildman–Crippen MR) is 189 cm³/mol. The molecule has 0 aromatic heterocycles. The lowest BCUT2D eigenvalue weighted by Gasteiger charge is -2.51. The van der Waals surface area contributed by atoms with Gasteiger partial charge in [-0.1, -0.05) is 34.6 Å². The third-order valence-electron chi connectivity index (χ3n) is 9.65. The molecule has 10 heteroatoms. The largest absolute Gasteiger partial charge is 0.380 e. The summed E-state index contributed by atoms with van der Waals surface area (Å²) in [4.78, 5) is 42.2. The normalized spacial score (nSPS) is 19.8. The Kier molecular flexibility index (Phi) is 17.0. The summed E-state index contributed by atoms with van der Waals surface area (Å²) < 4.78 is 17.3. The van der Waals surface area contributed by atoms with Gasteiger partial charge in [0, 0.05) is 80.4 Å². The third-order valence-corrected chi connectivity index (χ3v) is 9.65. The number of nitrogens with one attached hydrogen (secondary N) is 2. The number of amides is 1. The molecule has 2 aliphatic heterocycles. The van der Waals surface area contributed by atoms with E-state index in [1.165, 1.54) is 0 Å². The summed E-state index contributed by atoms with van der Waals surface area (Å²) in [6.07, 6.45) is 5.41. The number of likely N-dealkylation sites (tertiary alicyclic amines) is 2. The average Bonchev–Trinajstić information content (AvgIpc) is 3.42. The Morgan fingerprint density at radius 1 is 0.872 bits per heavy atom. The van der Waals surface area contributed by atoms with Crippen molar-refractivity contribution in [2.45, 2.75) is 137 Å². The van der Waals surface area contributed by atoms with E-state index >= 15 is 0 Å². The molecule has 1 amide bonds. The number of hydrogen-bond acceptors (Lipinski definition) is 9. The number of ether oxygens (including phenoxy) is 3. The Labute approximate surface area is 286 Å². The smallest absolute Gasteiger partial charge is 0.221 e. The number of rotatable bonds is 23. The van der Waals surface area contributed by atoms with E-state index in [1.807, 2.05) is 34.6 Å². The first-order chi connectivity index (χ1) is 21.8. The molecule has 0 spiro atoms. The van der Waals surface area contributed by atoms with E-state index in [1.54, 1.807) is 0 Å². The van der Waals surface area contributed by atoms with Crippen molar-refractivity contribution in [2.24, 2.45) is 10.8 Å². The first-order valence-corrected chi connectivity index (χ1v) is 18.2. The summed E-state index contributed by atoms with van der Waals surface area (Å²) in [5, 5.41) is 6.56. The van der Waals surface area contributed by atoms with Crippen molar-refractivity contribution in [1.82, 2.24) is 20.4 Å². The molecule has 2 saturated heterocycles. The average molecular weight is 667 g/mol. The Morgan fingerprint density at radius 2 is 1.49 bits per heavy atom. The maximum atomic E-state index is 13.0. The first-order valence-electron chi connectivity index (χ1n) is 18.2. The SMILES string of the molecule is CC(CCC(C)(C)C(=O)CCOCCNC(=O)CCN1CCC[C@H]1COC(C)(C)C)N1CC(C)(NCCOCCC(=O)C(C)(C)C)C1. The number of Topliss-reactive ketones (excluding diaryl/α,β-unsaturated/α-hetero) is 2. The van der Waals surface area contributed by atoms with Crippen molar-refractivity contribution in [3.05, 3.63) is 0 Å². The molecule has 2 rings (SSSR count). The van der Waals surface area contributed by atoms with Gasteiger partial charge in [-0.3, -0.25) is 24.2 Å². The number of ketones is 2. The number of carbonyl (C=O) groups excluding carboxylic acids is 3. The van der Waals surface area contributed by atoms with E-state index in [-0.39, 0.29) is 34.0 Å². The van der Waals surface area contributed by atoms with Crippen LogP contribution >= 0.6 is 0 Å². The van der Waals surface area contributed by atoms with Crippen molar-refractivity contribution in [3.8, 4) is 0 Å². The molecular weight excluding hydrogens is 596 g/mol. The number of hydrogen-bond donors (Lipinski definition) is 2. The van der Waals surface area contributed by atoms with Crippen LogP contribution in [0.1, 0.15) is 114 Å². The van der Waals surface area contributed by atoms with E-state index in [2.05, 4.69) is 55.1 Å². The summed E-state index contributed by atoms with van der Waals surface area (Å²) in [5.41, 5.74) is -0.774. The molecule has 2 heterocycles. The minimum absolute atomic E-state index is 0.0374. The first kappa shape index (κ1) is 41.7. The zero-order valence-electron chi connectivity index (χ0n) is 31.7. The molecule has 0 aromatic carbocycles. The molecular formula is C37H70N4O6. The van der Waals surface area contributed by atoms with Gasteiger partial charge in [0.15, 0.2) is 0 Å². The molecule has 0 saturated carbocycles. The lowest BCUT2D eigenvalue weighted by Crippen LogP contribution is -2.69. The maximum absolute atomic E-state index is 13.0. The Hall–Kier alpha value is -1.43. The fraction of sp³-hybridized carbons (Fsp3) is 0.919. The fourth-order valence-corrected chi connectivity index (χ4v) is 6.16. The highest BCUT2D eigenvalue weighted by Crippen LogP contribution is 2.30. The Bertz CT molecular complexity index is 967. The zero-order valence-corrected chi connectivity index (χ0v) is 31.7. The van der Waals surface area contributed by atoms with Crippen LogP contribution in [0.3, 0.4) is 0 Å². The van der Waals surface area contributed by atoms with Gasteiger partial charge in [0.1, 0.15) is 11.6 Å². The molecule has 0 aliphatic carbocycles. The summed E-state index contributed by atoms with van der Waals surface area (Å²) in [5.74, 6) is 0.496. The fourth-order valence-electron chi connectivity index (χ4n) is 6.16. The van der Waals surface area contributed by atoms with Gasteiger partial charge >= 0.3 is 0 Å². The lowest BCUT2D eigenvalue weighted by molar-refractivity contribution is -0.129. The van der Waals surface area contributed by atoms with Gasteiger partial charge in [-0.2, -0.15) is 0 Å². The zero-order chi connectivity index (χ0) is 35.3. The van der Waals surface area contributed by atoms with Gasteiger partial charge in [0.25, 0.3) is 0 Å². The van der Waals surface area contributed by atoms with Crippen LogP contribution in [0, 0.1) is 10.8 Å². The van der Waals surface area contributed by atoms with Crippen molar-refractivity contribution in [2.75, 3.05) is 72.3 Å². The molecule has 274 valence electrons. The van der Waals surface area contributed by atoms with Gasteiger partial charge in [0.05, 0.1) is 38.6 Å². The summed E-state index contributed by atoms with van der Waals surface area (Å²) in [6, 6.07) is 0.800. The highest BCUT2D eigenvalue weighted by atomic mass is 16.5. The Balaban J connectivity index is 1.51. The van der Waals surface area contributed by atoms with Crippen molar-refractivity contribution >= 4 is 17.5 Å². The van der Waals surface area contributed by atoms with Crippen molar-refractivity contribution in [1.29, 1.82) is 0 Å². The van der Waals surface area contributed by atoms with Crippen LogP contribution in [0.15, 0.2) is 0 Å². The van der Waals surface area contributed by atoms with Crippen LogP contribution in [0.5, 0.6) is 0 Å². The topological polar surface area (TPSA) is 109 Å². The summed E-state index contributed by atoms with van der Waals surface area (Å²) in [6.45, 7) is 28.2. The summed E-state index contributed by atoms with van der Waals surface area (Å²) in [7, 11) is 0. The molecule has 0 aromatic rings. The van der Waals surface area contributed by atoms with Gasteiger partial charge in [-0.15, -0.1) is 0 Å². The molecule has 10 nitrogen and oxygen atoms in total. The summed E-state index contributed by atoms with van der Waals surface area (Å²) >= 11 is 0. The van der Waals surface area contributed by atoms with Crippen LogP contribution in [-0.2, 0) is 28.6 Å². The predicted octanol–water partition coefficient (Wildman–Crippen LogP) is 4.63. The van der Waals surface area contributed by atoms with Gasteiger partial charge in [-0.25, -0.2) is 0 Å². The van der Waals surface area contributed by atoms with Crippen LogP contribution in [-0.4, -0.2) is 123 Å². The quantitative estimate of drug-likeness (QED) is 0.151. The molecule has 2 fully saturated rings. The van der Waals surface area contributed by atoms with E-state index in [0.29, 0.717) is 70.9 Å². The third kappa shape index (κ3) is 16.2. The minimum Gasteiger partial charge on any atom is -0.380 e. The second-order valence-electron chi connectivity index (χ2n) is 16.8. The maximum Gasteiger partial charge on any atom is 0.221 e. The van der Waals surface area contributed by atoms with E-state index in [0.717, 1.165) is 58.4 Å². The van der Waals surface area contributed by atoms with Crippen LogP contribution in [0.4, 0.5) is 0 Å². The van der Waals surface area contributed by atoms with Crippen molar-refractivity contribution in [3.63, 3.8) is 0 Å². The van der Waals surface area contributed by atoms with E-state index in [4.69, 9.17) is 14.2 Å². The van der Waals surface area contributed by atoms with Gasteiger partial charge in [0.2, 0.25) is 5.91 Å². The number of nitrogens with zero attached hydrogens (tertiary/aromatic N) is 2. The molecule has 0 bridgehead atoms. The highest BCUT2D eigenvalue weighted by Gasteiger charge is 2.40. The standard InChI is InChI=1S/C37H70N4O6/c1-29(41-27-37(10,28-41)39-19-25-46-22-15-31(42)34(2,3)4)13-17-36(8,9)32(43)16-23-45-24-18-38-33(44)14-21-40-20-11-12-30(40)26-47-35(5,6)7/h29-30,39H,11-28H2,1-10H3,(H,38,44)/t29?,30-/m0/s1. The Morgan fingerprint density at radius 3 is 2.11 bits per heavy atom. The monoisotopic (exact) mass is 667 g/mol. The minimum atomic E-state index is -0.394. The van der Waals surface area contributed by atoms with Gasteiger partial charge < -0.3 is 24.8 Å². The molecule has 2 atom stereocenters. The number of carbonyl (C=O) groups is 3. The highest BCUT2D eigenvalue weighted by molar-refractivity contribution is 5.84. The lowest BCUT2D eigenvalue weighted by atomic mass is 9.80. The van der Waals surface area contributed by atoms with Crippen molar-refractivity contribution < 1.29 is 28.6 Å². The molecule has 2 aliphatic rings. The van der Waals surface area contributed by atoms with E-state index in [9.17, 15) is 14.4 Å². The molecule has 0 radical (unpaired) electrons. The second kappa shape index (κ2) is 19.1. The molecule has 1 unspecified atom stereocenters. The van der Waals surface area contributed by atoms with Crippen LogP contribution in [0.25, 0.3) is 0 Å². The molecule has 2 N–H and O–H groups in total. The second-order valence-corrected chi connectivity index (χ2v) is 16.8. The van der Waals surface area contributed by atoms with Crippen LogP contribution < -0.4 is 10.6 Å².